The summed E-state index contributed by atoms with van der Waals surface area (Å²) in [6.45, 7) is 0. The van der Waals surface area contributed by atoms with Crippen molar-refractivity contribution in [2.24, 2.45) is 0 Å². The number of pyridine rings is 1. The van der Waals surface area contributed by atoms with Crippen LogP contribution in [0.1, 0.15) is 16.8 Å². The van der Waals surface area contributed by atoms with E-state index in [2.05, 4.69) is 15.6 Å². The Kier molecular flexibility index (Phi) is 5.50. The quantitative estimate of drug-likeness (QED) is 0.773. The molecule has 2 N–H and O–H groups in total. The second-order valence-electron chi connectivity index (χ2n) is 6.23. The van der Waals surface area contributed by atoms with Gasteiger partial charge in [0.15, 0.2) is 9.84 Å². The summed E-state index contributed by atoms with van der Waals surface area (Å²) >= 11 is 0. The molecular weight excluding hydrogens is 370 g/mol. The Labute approximate surface area is 157 Å². The maximum absolute atomic E-state index is 12.4. The minimum absolute atomic E-state index is 0.0207. The van der Waals surface area contributed by atoms with Gasteiger partial charge in [0.1, 0.15) is 11.5 Å². The fourth-order valence-corrected chi connectivity index (χ4v) is 4.54. The number of methoxy groups -OCH3 is 2. The number of benzene rings is 1. The molecule has 1 aliphatic rings. The van der Waals surface area contributed by atoms with E-state index in [0.717, 1.165) is 0 Å². The van der Waals surface area contributed by atoms with Crippen molar-refractivity contribution in [2.45, 2.75) is 12.5 Å². The Morgan fingerprint density at radius 2 is 2.00 bits per heavy atom. The molecular formula is C18H21N3O5S. The first-order valence-corrected chi connectivity index (χ1v) is 10.2. The molecule has 0 aliphatic carbocycles. The lowest BCUT2D eigenvalue weighted by Crippen LogP contribution is -2.35. The smallest absolute Gasteiger partial charge is 0.253 e. The predicted octanol–water partition coefficient (Wildman–Crippen LogP) is 1.76. The molecule has 8 nitrogen and oxygen atoms in total. The van der Waals surface area contributed by atoms with E-state index in [1.54, 1.807) is 44.7 Å². The number of carbonyl (C=O) groups is 1. The molecule has 1 aromatic carbocycles. The van der Waals surface area contributed by atoms with E-state index in [4.69, 9.17) is 9.47 Å². The maximum atomic E-state index is 12.4. The van der Waals surface area contributed by atoms with Crippen molar-refractivity contribution >= 4 is 27.1 Å². The van der Waals surface area contributed by atoms with Crippen LogP contribution in [0.25, 0.3) is 0 Å². The number of hydrogen-bond donors (Lipinski definition) is 2. The number of aromatic nitrogens is 1. The zero-order valence-electron chi connectivity index (χ0n) is 15.1. The Bertz CT molecular complexity index is 946. The van der Waals surface area contributed by atoms with Gasteiger partial charge in [-0.25, -0.2) is 8.42 Å². The normalized spacial score (nSPS) is 17.9. The third kappa shape index (κ3) is 4.68. The standard InChI is InChI=1S/C18H21N3O5S/c1-25-15-3-4-16(17(8-15)26-2)20-14-7-12(9-19-10-14)18(22)21-13-5-6-27(23,24)11-13/h3-4,7-10,13,20H,5-6,11H2,1-2H3,(H,21,22). The van der Waals surface area contributed by atoms with Gasteiger partial charge in [-0.15, -0.1) is 0 Å². The Balaban J connectivity index is 1.73. The van der Waals surface area contributed by atoms with E-state index < -0.39 is 9.84 Å². The van der Waals surface area contributed by atoms with Gasteiger partial charge in [-0.05, 0) is 24.6 Å². The summed E-state index contributed by atoms with van der Waals surface area (Å²) in [5.41, 5.74) is 1.64. The van der Waals surface area contributed by atoms with Gasteiger partial charge in [0.25, 0.3) is 5.91 Å². The zero-order chi connectivity index (χ0) is 19.4. The average molecular weight is 391 g/mol. The number of rotatable bonds is 6. The van der Waals surface area contributed by atoms with Crippen molar-refractivity contribution in [2.75, 3.05) is 31.0 Å². The second-order valence-corrected chi connectivity index (χ2v) is 8.46. The summed E-state index contributed by atoms with van der Waals surface area (Å²) in [6, 6.07) is 6.62. The number of anilines is 2. The van der Waals surface area contributed by atoms with E-state index in [0.29, 0.717) is 34.9 Å². The minimum atomic E-state index is -3.05. The third-order valence-electron chi connectivity index (χ3n) is 4.26. The van der Waals surface area contributed by atoms with Crippen molar-refractivity contribution in [1.82, 2.24) is 10.3 Å². The number of hydrogen-bond acceptors (Lipinski definition) is 7. The highest BCUT2D eigenvalue weighted by atomic mass is 32.2. The average Bonchev–Trinajstić information content (AvgIpc) is 3.00. The van der Waals surface area contributed by atoms with Crippen LogP contribution in [0.2, 0.25) is 0 Å². The Morgan fingerprint density at radius 3 is 2.67 bits per heavy atom. The molecule has 27 heavy (non-hydrogen) atoms. The van der Waals surface area contributed by atoms with Crippen LogP contribution in [0.5, 0.6) is 11.5 Å². The fraction of sp³-hybridized carbons (Fsp3) is 0.333. The van der Waals surface area contributed by atoms with Gasteiger partial charge in [0.05, 0.1) is 48.9 Å². The molecule has 1 aromatic heterocycles. The molecule has 2 aromatic rings. The van der Waals surface area contributed by atoms with Crippen LogP contribution < -0.4 is 20.1 Å². The highest BCUT2D eigenvalue weighted by Gasteiger charge is 2.29. The van der Waals surface area contributed by atoms with Gasteiger partial charge < -0.3 is 20.1 Å². The van der Waals surface area contributed by atoms with Crippen molar-refractivity contribution in [3.8, 4) is 11.5 Å². The molecule has 3 rings (SSSR count). The molecule has 1 unspecified atom stereocenters. The number of nitrogens with one attached hydrogen (secondary N) is 2. The predicted molar refractivity (Wildman–Crippen MR) is 102 cm³/mol. The number of sulfone groups is 1. The summed E-state index contributed by atoms with van der Waals surface area (Å²) in [7, 11) is 0.0737. The van der Waals surface area contributed by atoms with Crippen molar-refractivity contribution in [1.29, 1.82) is 0 Å². The monoisotopic (exact) mass is 391 g/mol. The van der Waals surface area contributed by atoms with E-state index in [9.17, 15) is 13.2 Å². The summed E-state index contributed by atoms with van der Waals surface area (Å²) in [4.78, 5) is 16.5. The van der Waals surface area contributed by atoms with Crippen LogP contribution in [0.15, 0.2) is 36.7 Å². The van der Waals surface area contributed by atoms with Crippen LogP contribution in [0.4, 0.5) is 11.4 Å². The Morgan fingerprint density at radius 1 is 1.19 bits per heavy atom. The highest BCUT2D eigenvalue weighted by molar-refractivity contribution is 7.91. The van der Waals surface area contributed by atoms with Gasteiger partial charge in [0, 0.05) is 18.3 Å². The van der Waals surface area contributed by atoms with Gasteiger partial charge in [-0.3, -0.25) is 9.78 Å². The lowest BCUT2D eigenvalue weighted by molar-refractivity contribution is 0.0941. The molecule has 1 aliphatic heterocycles. The van der Waals surface area contributed by atoms with Crippen LogP contribution >= 0.6 is 0 Å². The molecule has 9 heteroatoms. The highest BCUT2D eigenvalue weighted by Crippen LogP contribution is 2.31. The fourth-order valence-electron chi connectivity index (χ4n) is 2.87. The van der Waals surface area contributed by atoms with Crippen molar-refractivity contribution in [3.63, 3.8) is 0 Å². The van der Waals surface area contributed by atoms with E-state index in [1.165, 1.54) is 6.20 Å². The van der Waals surface area contributed by atoms with Crippen molar-refractivity contribution in [3.05, 3.63) is 42.2 Å². The lowest BCUT2D eigenvalue weighted by Gasteiger charge is -2.14. The first-order chi connectivity index (χ1) is 12.9. The molecule has 0 radical (unpaired) electrons. The van der Waals surface area contributed by atoms with Gasteiger partial charge in [0.2, 0.25) is 0 Å². The first-order valence-electron chi connectivity index (χ1n) is 8.35. The molecule has 0 saturated carbocycles. The number of ether oxygens (including phenoxy) is 2. The number of amides is 1. The van der Waals surface area contributed by atoms with Gasteiger partial charge in [-0.2, -0.15) is 0 Å². The zero-order valence-corrected chi connectivity index (χ0v) is 15.9. The van der Waals surface area contributed by atoms with E-state index in [-0.39, 0.29) is 23.5 Å². The summed E-state index contributed by atoms with van der Waals surface area (Å²) in [5, 5.41) is 5.91. The lowest BCUT2D eigenvalue weighted by atomic mass is 10.2. The van der Waals surface area contributed by atoms with E-state index >= 15 is 0 Å². The summed E-state index contributed by atoms with van der Waals surface area (Å²) < 4.78 is 33.6. The van der Waals surface area contributed by atoms with Crippen LogP contribution in [-0.2, 0) is 9.84 Å². The number of carbonyl (C=O) groups excluding carboxylic acids is 1. The Hall–Kier alpha value is -2.81. The third-order valence-corrected chi connectivity index (χ3v) is 6.02. The molecule has 0 bridgehead atoms. The van der Waals surface area contributed by atoms with Crippen LogP contribution in [0.3, 0.4) is 0 Å². The molecule has 1 fully saturated rings. The molecule has 2 heterocycles. The molecule has 0 spiro atoms. The molecule has 1 amide bonds. The van der Waals surface area contributed by atoms with Gasteiger partial charge >= 0.3 is 0 Å². The topological polar surface area (TPSA) is 107 Å². The number of nitrogens with zero attached hydrogens (tertiary/aromatic N) is 1. The van der Waals surface area contributed by atoms with Crippen LogP contribution in [0, 0.1) is 0 Å². The second kappa shape index (κ2) is 7.83. The maximum Gasteiger partial charge on any atom is 0.253 e. The minimum Gasteiger partial charge on any atom is -0.497 e. The summed E-state index contributed by atoms with van der Waals surface area (Å²) in [5.74, 6) is 0.979. The molecule has 1 saturated heterocycles. The van der Waals surface area contributed by atoms with Crippen LogP contribution in [-0.4, -0.2) is 51.1 Å². The first kappa shape index (κ1) is 19.0. The SMILES string of the molecule is COc1ccc(Nc2cncc(C(=O)NC3CCS(=O)(=O)C3)c2)c(OC)c1. The largest absolute Gasteiger partial charge is 0.497 e. The molecule has 1 atom stereocenters. The molecule has 144 valence electrons. The van der Waals surface area contributed by atoms with Crippen molar-refractivity contribution < 1.29 is 22.7 Å². The summed E-state index contributed by atoms with van der Waals surface area (Å²) in [6.07, 6.45) is 3.46. The van der Waals surface area contributed by atoms with Gasteiger partial charge in [-0.1, -0.05) is 0 Å². The van der Waals surface area contributed by atoms with E-state index in [1.807, 2.05) is 0 Å².